The van der Waals surface area contributed by atoms with Gasteiger partial charge in [0, 0.05) is 27.7 Å². The minimum absolute atomic E-state index is 0.435. The van der Waals surface area contributed by atoms with E-state index in [-0.39, 0.29) is 0 Å². The van der Waals surface area contributed by atoms with Crippen LogP contribution in [-0.4, -0.2) is 6.54 Å². The lowest BCUT2D eigenvalue weighted by molar-refractivity contribution is 0.302. The van der Waals surface area contributed by atoms with Gasteiger partial charge >= 0.3 is 0 Å². The summed E-state index contributed by atoms with van der Waals surface area (Å²) in [5.74, 6) is 0.895. The molecule has 1 N–H and O–H groups in total. The summed E-state index contributed by atoms with van der Waals surface area (Å²) in [6, 6.07) is 13.6. The first-order valence-electron chi connectivity index (χ1n) is 9.06. The van der Waals surface area contributed by atoms with Gasteiger partial charge in [-0.1, -0.05) is 80.1 Å². The molecule has 136 valence electrons. The van der Waals surface area contributed by atoms with Crippen molar-refractivity contribution < 1.29 is 4.74 Å². The number of para-hydroxylation sites is 1. The standard InChI is InChI=1S/C21H27Cl2NO/c1-2-3-4-5-8-13-24-15-17-9-6-7-10-21(17)25-16-18-11-12-19(22)14-20(18)23/h6-7,9-12,14,24H,2-5,8,13,15-16H2,1H3. The fourth-order valence-corrected chi connectivity index (χ4v) is 3.12. The summed E-state index contributed by atoms with van der Waals surface area (Å²) < 4.78 is 5.99. The van der Waals surface area contributed by atoms with Crippen LogP contribution in [0.3, 0.4) is 0 Å². The normalized spacial score (nSPS) is 10.8. The van der Waals surface area contributed by atoms with E-state index in [0.29, 0.717) is 16.7 Å². The van der Waals surface area contributed by atoms with E-state index in [1.165, 1.54) is 37.7 Å². The van der Waals surface area contributed by atoms with Gasteiger partial charge in [0.1, 0.15) is 12.4 Å². The van der Waals surface area contributed by atoms with Crippen molar-refractivity contribution in [3.63, 3.8) is 0 Å². The van der Waals surface area contributed by atoms with Gasteiger partial charge in [-0.2, -0.15) is 0 Å². The van der Waals surface area contributed by atoms with E-state index in [1.54, 1.807) is 6.07 Å². The van der Waals surface area contributed by atoms with Gasteiger partial charge in [0.25, 0.3) is 0 Å². The molecule has 0 saturated carbocycles. The summed E-state index contributed by atoms with van der Waals surface area (Å²) in [5.41, 5.74) is 2.10. The summed E-state index contributed by atoms with van der Waals surface area (Å²) in [6.07, 6.45) is 6.48. The van der Waals surface area contributed by atoms with Gasteiger partial charge in [-0.05, 0) is 31.2 Å². The van der Waals surface area contributed by atoms with Crippen LogP contribution < -0.4 is 10.1 Å². The summed E-state index contributed by atoms with van der Waals surface area (Å²) in [7, 11) is 0. The van der Waals surface area contributed by atoms with Crippen molar-refractivity contribution >= 4 is 23.2 Å². The highest BCUT2D eigenvalue weighted by Gasteiger charge is 2.06. The highest BCUT2D eigenvalue weighted by molar-refractivity contribution is 6.35. The fraction of sp³-hybridized carbons (Fsp3) is 0.429. The summed E-state index contributed by atoms with van der Waals surface area (Å²) in [4.78, 5) is 0. The van der Waals surface area contributed by atoms with Crippen LogP contribution in [0.1, 0.15) is 50.2 Å². The zero-order valence-corrected chi connectivity index (χ0v) is 16.4. The number of ether oxygens (including phenoxy) is 1. The van der Waals surface area contributed by atoms with E-state index in [2.05, 4.69) is 18.3 Å². The Balaban J connectivity index is 1.81. The van der Waals surface area contributed by atoms with Gasteiger partial charge in [-0.25, -0.2) is 0 Å². The van der Waals surface area contributed by atoms with Crippen molar-refractivity contribution in [3.8, 4) is 5.75 Å². The van der Waals surface area contributed by atoms with Gasteiger partial charge in [-0.3, -0.25) is 0 Å². The molecule has 25 heavy (non-hydrogen) atoms. The fourth-order valence-electron chi connectivity index (χ4n) is 2.66. The van der Waals surface area contributed by atoms with E-state index < -0.39 is 0 Å². The summed E-state index contributed by atoms with van der Waals surface area (Å²) in [5, 5.41) is 4.78. The zero-order chi connectivity index (χ0) is 17.9. The molecule has 4 heteroatoms. The molecule has 0 atom stereocenters. The monoisotopic (exact) mass is 379 g/mol. The van der Waals surface area contributed by atoms with Crippen LogP contribution >= 0.6 is 23.2 Å². The highest BCUT2D eigenvalue weighted by atomic mass is 35.5. The van der Waals surface area contributed by atoms with Crippen LogP contribution in [0.5, 0.6) is 5.75 Å². The van der Waals surface area contributed by atoms with Gasteiger partial charge in [-0.15, -0.1) is 0 Å². The molecule has 0 amide bonds. The molecule has 0 aliphatic rings. The Hall–Kier alpha value is -1.22. The smallest absolute Gasteiger partial charge is 0.124 e. The van der Waals surface area contributed by atoms with Crippen LogP contribution in [0.2, 0.25) is 10.0 Å². The van der Waals surface area contributed by atoms with Crippen molar-refractivity contribution in [2.24, 2.45) is 0 Å². The lowest BCUT2D eigenvalue weighted by Crippen LogP contribution is -2.15. The molecule has 0 bridgehead atoms. The third-order valence-corrected chi connectivity index (χ3v) is 4.73. The first-order valence-corrected chi connectivity index (χ1v) is 9.81. The average molecular weight is 380 g/mol. The zero-order valence-electron chi connectivity index (χ0n) is 14.9. The second-order valence-electron chi connectivity index (χ2n) is 6.22. The maximum Gasteiger partial charge on any atom is 0.124 e. The number of hydrogen-bond acceptors (Lipinski definition) is 2. The van der Waals surface area contributed by atoms with Crippen LogP contribution in [0, 0.1) is 0 Å². The number of unbranched alkanes of at least 4 members (excludes halogenated alkanes) is 4. The lowest BCUT2D eigenvalue weighted by Gasteiger charge is -2.13. The molecule has 2 aromatic rings. The molecule has 2 rings (SSSR count). The largest absolute Gasteiger partial charge is 0.489 e. The van der Waals surface area contributed by atoms with Gasteiger partial charge in [0.15, 0.2) is 0 Å². The van der Waals surface area contributed by atoms with E-state index in [9.17, 15) is 0 Å². The first kappa shape index (κ1) is 20.1. The quantitative estimate of drug-likeness (QED) is 0.442. The number of benzene rings is 2. The molecule has 0 unspecified atom stereocenters. The first-order chi connectivity index (χ1) is 12.2. The molecular weight excluding hydrogens is 353 g/mol. The third kappa shape index (κ3) is 7.27. The van der Waals surface area contributed by atoms with E-state index in [4.69, 9.17) is 27.9 Å². The van der Waals surface area contributed by atoms with Crippen molar-refractivity contribution in [2.75, 3.05) is 6.54 Å². The maximum absolute atomic E-state index is 6.21. The molecular formula is C21H27Cl2NO. The van der Waals surface area contributed by atoms with Gasteiger partial charge in [0.2, 0.25) is 0 Å². The lowest BCUT2D eigenvalue weighted by atomic mass is 10.1. The van der Waals surface area contributed by atoms with E-state index in [0.717, 1.165) is 24.4 Å². The maximum atomic E-state index is 6.21. The number of rotatable bonds is 11. The van der Waals surface area contributed by atoms with E-state index >= 15 is 0 Å². The predicted octanol–water partition coefficient (Wildman–Crippen LogP) is 6.63. The molecule has 0 spiro atoms. The van der Waals surface area contributed by atoms with Crippen LogP contribution in [0.4, 0.5) is 0 Å². The van der Waals surface area contributed by atoms with Crippen molar-refractivity contribution in [3.05, 3.63) is 63.6 Å². The van der Waals surface area contributed by atoms with Crippen LogP contribution in [-0.2, 0) is 13.2 Å². The minimum atomic E-state index is 0.435. The van der Waals surface area contributed by atoms with Gasteiger partial charge in [0.05, 0.1) is 0 Å². The number of hydrogen-bond donors (Lipinski definition) is 1. The van der Waals surface area contributed by atoms with Gasteiger partial charge < -0.3 is 10.1 Å². The Morgan fingerprint density at radius 3 is 2.52 bits per heavy atom. The Labute approximate surface area is 161 Å². The molecule has 2 aromatic carbocycles. The van der Waals surface area contributed by atoms with Crippen molar-refractivity contribution in [2.45, 2.75) is 52.2 Å². The van der Waals surface area contributed by atoms with E-state index in [1.807, 2.05) is 30.3 Å². The van der Waals surface area contributed by atoms with Crippen molar-refractivity contribution in [1.29, 1.82) is 0 Å². The minimum Gasteiger partial charge on any atom is -0.489 e. The number of nitrogens with one attached hydrogen (secondary N) is 1. The molecule has 0 heterocycles. The second-order valence-corrected chi connectivity index (χ2v) is 7.07. The van der Waals surface area contributed by atoms with Crippen LogP contribution in [0.25, 0.3) is 0 Å². The summed E-state index contributed by atoms with van der Waals surface area (Å²) in [6.45, 7) is 4.54. The molecule has 0 aliphatic heterocycles. The second kappa shape index (κ2) is 11.4. The Kier molecular flexibility index (Phi) is 9.17. The molecule has 0 saturated heterocycles. The molecule has 0 fully saturated rings. The molecule has 2 nitrogen and oxygen atoms in total. The topological polar surface area (TPSA) is 21.3 Å². The molecule has 0 aromatic heterocycles. The van der Waals surface area contributed by atoms with Crippen molar-refractivity contribution in [1.82, 2.24) is 5.32 Å². The Morgan fingerprint density at radius 1 is 0.920 bits per heavy atom. The Bertz CT molecular complexity index is 646. The summed E-state index contributed by atoms with van der Waals surface area (Å²) >= 11 is 12.1. The Morgan fingerprint density at radius 2 is 1.72 bits per heavy atom. The predicted molar refractivity (Wildman–Crippen MR) is 108 cm³/mol. The van der Waals surface area contributed by atoms with Crippen LogP contribution in [0.15, 0.2) is 42.5 Å². The molecule has 0 aliphatic carbocycles. The number of halogens is 2. The molecule has 0 radical (unpaired) electrons. The third-order valence-electron chi connectivity index (χ3n) is 4.14. The SMILES string of the molecule is CCCCCCCNCc1ccccc1OCc1ccc(Cl)cc1Cl. The highest BCUT2D eigenvalue weighted by Crippen LogP contribution is 2.24. The average Bonchev–Trinajstić information content (AvgIpc) is 2.61.